The van der Waals surface area contributed by atoms with Gasteiger partial charge in [0, 0.05) is 19.3 Å². The lowest BCUT2D eigenvalue weighted by molar-refractivity contribution is -0.142. The number of hydrogen-bond acceptors (Lipinski definition) is 5. The van der Waals surface area contributed by atoms with Crippen LogP contribution in [0.4, 0.5) is 13.2 Å². The zero-order chi connectivity index (χ0) is 28.4. The molecular formula is C31H28F3NO5. The van der Waals surface area contributed by atoms with Crippen LogP contribution < -0.4 is 4.74 Å². The number of ketones is 1. The van der Waals surface area contributed by atoms with E-state index in [4.69, 9.17) is 9.47 Å². The summed E-state index contributed by atoms with van der Waals surface area (Å²) in [6.07, 6.45) is -3.63. The molecule has 1 amide bonds. The van der Waals surface area contributed by atoms with Gasteiger partial charge in [0.1, 0.15) is 18.1 Å². The van der Waals surface area contributed by atoms with E-state index in [0.717, 1.165) is 23.3 Å². The summed E-state index contributed by atoms with van der Waals surface area (Å²) < 4.78 is 51.3. The Kier molecular flexibility index (Phi) is 7.67. The minimum atomic E-state index is -4.55. The first-order chi connectivity index (χ1) is 19.1. The summed E-state index contributed by atoms with van der Waals surface area (Å²) in [7, 11) is 0. The van der Waals surface area contributed by atoms with Gasteiger partial charge in [0.05, 0.1) is 22.7 Å². The summed E-state index contributed by atoms with van der Waals surface area (Å²) in [6.45, 7) is 2.76. The summed E-state index contributed by atoms with van der Waals surface area (Å²) in [5, 5.41) is 11.6. The molecule has 9 heteroatoms. The standard InChI is InChI=1S/C31H28F3NO5/c1-19-7-12-25(40-18-20-5-3-2-4-6-20)24(17-19)28(36)26-27(21-8-10-22(11-9-21)31(32,33)34)35(30(38)29(26)37)23-13-15-39-16-14-23/h2-12,17,23,27,36H,13-16,18H2,1H3/b28-26+. The average molecular weight is 552 g/mol. The van der Waals surface area contributed by atoms with Gasteiger partial charge in [-0.25, -0.2) is 0 Å². The molecule has 2 fully saturated rings. The molecule has 0 saturated carbocycles. The highest BCUT2D eigenvalue weighted by Crippen LogP contribution is 2.44. The molecule has 2 aliphatic rings. The van der Waals surface area contributed by atoms with Crippen molar-refractivity contribution in [3.63, 3.8) is 0 Å². The van der Waals surface area contributed by atoms with Crippen LogP contribution in [0.2, 0.25) is 0 Å². The Hall–Kier alpha value is -4.11. The Labute approximate surface area is 229 Å². The zero-order valence-corrected chi connectivity index (χ0v) is 21.8. The van der Waals surface area contributed by atoms with Gasteiger partial charge in [0.15, 0.2) is 0 Å². The largest absolute Gasteiger partial charge is 0.507 e. The van der Waals surface area contributed by atoms with E-state index < -0.39 is 35.2 Å². The van der Waals surface area contributed by atoms with Crippen molar-refractivity contribution in [3.05, 3.63) is 106 Å². The van der Waals surface area contributed by atoms with Crippen molar-refractivity contribution in [2.45, 2.75) is 44.6 Å². The maximum atomic E-state index is 13.5. The van der Waals surface area contributed by atoms with Crippen LogP contribution in [0.15, 0.2) is 78.4 Å². The first kappa shape index (κ1) is 27.5. The third-order valence-electron chi connectivity index (χ3n) is 7.25. The van der Waals surface area contributed by atoms with E-state index in [1.165, 1.54) is 17.0 Å². The molecule has 6 nitrogen and oxygen atoms in total. The molecule has 208 valence electrons. The SMILES string of the molecule is Cc1ccc(OCc2ccccc2)c(/C(O)=C2\C(=O)C(=O)N(C3CCOCC3)C2c2ccc(C(F)(F)F)cc2)c1. The van der Waals surface area contributed by atoms with Gasteiger partial charge in [0.25, 0.3) is 11.7 Å². The molecular weight excluding hydrogens is 523 g/mol. The summed E-state index contributed by atoms with van der Waals surface area (Å²) in [5.74, 6) is -1.85. The molecule has 2 saturated heterocycles. The lowest BCUT2D eigenvalue weighted by atomic mass is 9.93. The fourth-order valence-corrected chi connectivity index (χ4v) is 5.21. The van der Waals surface area contributed by atoms with E-state index in [0.29, 0.717) is 37.4 Å². The molecule has 0 radical (unpaired) electrons. The van der Waals surface area contributed by atoms with Crippen LogP contribution in [0.3, 0.4) is 0 Å². The van der Waals surface area contributed by atoms with E-state index in [1.54, 1.807) is 18.2 Å². The molecule has 2 aliphatic heterocycles. The van der Waals surface area contributed by atoms with Crippen LogP contribution in [-0.2, 0) is 27.1 Å². The summed E-state index contributed by atoms with van der Waals surface area (Å²) in [5.41, 5.74) is 1.14. The molecule has 2 heterocycles. The number of halogens is 3. The number of carbonyl (C=O) groups excluding carboxylic acids is 2. The van der Waals surface area contributed by atoms with Crippen LogP contribution in [0.25, 0.3) is 5.76 Å². The van der Waals surface area contributed by atoms with Crippen molar-refractivity contribution in [3.8, 4) is 5.75 Å². The van der Waals surface area contributed by atoms with Gasteiger partial charge < -0.3 is 19.5 Å². The minimum Gasteiger partial charge on any atom is -0.507 e. The van der Waals surface area contributed by atoms with Crippen molar-refractivity contribution in [2.75, 3.05) is 13.2 Å². The fourth-order valence-electron chi connectivity index (χ4n) is 5.21. The van der Waals surface area contributed by atoms with Gasteiger partial charge in [-0.2, -0.15) is 13.2 Å². The van der Waals surface area contributed by atoms with E-state index in [2.05, 4.69) is 0 Å². The number of alkyl halides is 3. The van der Waals surface area contributed by atoms with Crippen LogP contribution in [0.1, 0.15) is 46.7 Å². The Morgan fingerprint density at radius 2 is 1.68 bits per heavy atom. The van der Waals surface area contributed by atoms with Crippen molar-refractivity contribution >= 4 is 17.4 Å². The van der Waals surface area contributed by atoms with Gasteiger partial charge in [0.2, 0.25) is 0 Å². The topological polar surface area (TPSA) is 76.1 Å². The van der Waals surface area contributed by atoms with Crippen LogP contribution in [-0.4, -0.2) is 41.0 Å². The van der Waals surface area contributed by atoms with Crippen molar-refractivity contribution in [1.29, 1.82) is 0 Å². The molecule has 3 aromatic rings. The van der Waals surface area contributed by atoms with Crippen LogP contribution in [0.5, 0.6) is 5.75 Å². The molecule has 5 rings (SSSR count). The Morgan fingerprint density at radius 3 is 2.33 bits per heavy atom. The molecule has 1 unspecified atom stereocenters. The lowest BCUT2D eigenvalue weighted by Crippen LogP contribution is -2.42. The number of aliphatic hydroxyl groups is 1. The van der Waals surface area contributed by atoms with Crippen LogP contribution >= 0.6 is 0 Å². The highest BCUT2D eigenvalue weighted by Gasteiger charge is 2.49. The van der Waals surface area contributed by atoms with Gasteiger partial charge in [-0.1, -0.05) is 54.1 Å². The van der Waals surface area contributed by atoms with E-state index in [1.807, 2.05) is 37.3 Å². The first-order valence-corrected chi connectivity index (χ1v) is 13.0. The van der Waals surface area contributed by atoms with E-state index in [9.17, 15) is 27.9 Å². The molecule has 0 aliphatic carbocycles. The Bertz CT molecular complexity index is 1430. The minimum absolute atomic E-state index is 0.189. The molecule has 3 aromatic carbocycles. The van der Waals surface area contributed by atoms with E-state index in [-0.39, 0.29) is 23.8 Å². The molecule has 0 aromatic heterocycles. The highest BCUT2D eigenvalue weighted by molar-refractivity contribution is 6.46. The maximum absolute atomic E-state index is 13.5. The average Bonchev–Trinajstić information content (AvgIpc) is 3.22. The number of nitrogens with zero attached hydrogens (tertiary/aromatic N) is 1. The lowest BCUT2D eigenvalue weighted by Gasteiger charge is -2.35. The summed E-state index contributed by atoms with van der Waals surface area (Å²) >= 11 is 0. The summed E-state index contributed by atoms with van der Waals surface area (Å²) in [4.78, 5) is 28.3. The van der Waals surface area contributed by atoms with Gasteiger partial charge in [-0.3, -0.25) is 9.59 Å². The second-order valence-electron chi connectivity index (χ2n) is 9.94. The highest BCUT2D eigenvalue weighted by atomic mass is 19.4. The molecule has 0 bridgehead atoms. The number of amides is 1. The monoisotopic (exact) mass is 551 g/mol. The number of rotatable bonds is 6. The third kappa shape index (κ3) is 5.47. The molecule has 0 spiro atoms. The number of aliphatic hydroxyl groups excluding tert-OH is 1. The zero-order valence-electron chi connectivity index (χ0n) is 21.8. The Morgan fingerprint density at radius 1 is 1.00 bits per heavy atom. The number of likely N-dealkylation sites (tertiary alicyclic amines) is 1. The van der Waals surface area contributed by atoms with E-state index >= 15 is 0 Å². The number of aryl methyl sites for hydroxylation is 1. The molecule has 40 heavy (non-hydrogen) atoms. The quantitative estimate of drug-likeness (QED) is 0.225. The van der Waals surface area contributed by atoms with Crippen molar-refractivity contribution in [1.82, 2.24) is 4.90 Å². The maximum Gasteiger partial charge on any atom is 0.416 e. The predicted octanol–water partition coefficient (Wildman–Crippen LogP) is 6.19. The number of hydrogen-bond donors (Lipinski definition) is 1. The first-order valence-electron chi connectivity index (χ1n) is 13.0. The summed E-state index contributed by atoms with van der Waals surface area (Å²) in [6, 6.07) is 17.4. The number of carbonyl (C=O) groups is 2. The number of Topliss-reactive ketones (excluding diaryl/α,β-unsaturated/α-hetero) is 1. The normalized spacial score (nSPS) is 19.7. The van der Waals surface area contributed by atoms with Gasteiger partial charge in [-0.05, 0) is 55.2 Å². The number of benzene rings is 3. The molecule has 1 N–H and O–H groups in total. The van der Waals surface area contributed by atoms with Crippen molar-refractivity contribution in [2.24, 2.45) is 0 Å². The molecule has 1 atom stereocenters. The van der Waals surface area contributed by atoms with Crippen LogP contribution in [0, 0.1) is 6.92 Å². The third-order valence-corrected chi connectivity index (χ3v) is 7.25. The second-order valence-corrected chi connectivity index (χ2v) is 9.94. The second kappa shape index (κ2) is 11.2. The van der Waals surface area contributed by atoms with Crippen molar-refractivity contribution < 1.29 is 37.3 Å². The number of ether oxygens (including phenoxy) is 2. The fraction of sp³-hybridized carbons (Fsp3) is 0.290. The Balaban J connectivity index is 1.61. The van der Waals surface area contributed by atoms with Gasteiger partial charge >= 0.3 is 6.18 Å². The smallest absolute Gasteiger partial charge is 0.416 e. The van der Waals surface area contributed by atoms with Gasteiger partial charge in [-0.15, -0.1) is 0 Å². The predicted molar refractivity (Wildman–Crippen MR) is 141 cm³/mol.